The number of hydrogen-bond acceptors (Lipinski definition) is 2. The van der Waals surface area contributed by atoms with Crippen molar-refractivity contribution in [3.05, 3.63) is 10.3 Å². The molecule has 0 unspecified atom stereocenters. The number of hydrogen-bond donors (Lipinski definition) is 0. The van der Waals surface area contributed by atoms with Crippen LogP contribution < -0.4 is 0 Å². The molecule has 0 N–H and O–H groups in total. The van der Waals surface area contributed by atoms with Gasteiger partial charge in [-0.05, 0) is 11.0 Å². The zero-order valence-electron chi connectivity index (χ0n) is 4.97. The number of carbonyl (C=O) groups excluding carboxylic acids is 1. The normalized spacial score (nSPS) is 16.3. The molecular formula is C6H6INO. The second-order valence-corrected chi connectivity index (χ2v) is 4.07. The van der Waals surface area contributed by atoms with Gasteiger partial charge in [0.25, 0.3) is 0 Å². The molecule has 1 heterocycles. The standard InChI is InChI=1S/C6H6INO/c1-5(9)6-4-8-3-2-7-6/h2-4H,1H3. The Morgan fingerprint density at radius 2 is 2.56 bits per heavy atom. The summed E-state index contributed by atoms with van der Waals surface area (Å²) in [5.74, 6) is 0.163. The molecule has 0 radical (unpaired) electrons. The number of nitrogens with zero attached hydrogens (tertiary/aromatic N) is 1. The predicted molar refractivity (Wildman–Crippen MR) is 47.3 cm³/mol. The predicted octanol–water partition coefficient (Wildman–Crippen LogP) is 1.27. The summed E-state index contributed by atoms with van der Waals surface area (Å²) in [6.45, 7) is 1.58. The summed E-state index contributed by atoms with van der Waals surface area (Å²) >= 11 is -0.154. The Morgan fingerprint density at radius 1 is 1.78 bits per heavy atom. The van der Waals surface area contributed by atoms with Crippen LogP contribution in [-0.4, -0.2) is 15.5 Å². The van der Waals surface area contributed by atoms with Gasteiger partial charge in [0.15, 0.2) is 5.78 Å². The lowest BCUT2D eigenvalue weighted by atomic mass is 10.3. The van der Waals surface area contributed by atoms with Gasteiger partial charge in [-0.1, -0.05) is 20.7 Å². The van der Waals surface area contributed by atoms with Crippen LogP contribution >= 0.6 is 20.7 Å². The molecule has 9 heavy (non-hydrogen) atoms. The van der Waals surface area contributed by atoms with Gasteiger partial charge in [0.05, 0.1) is 3.51 Å². The molecule has 0 amide bonds. The largest absolute Gasteiger partial charge is 0.294 e. The first-order valence-electron chi connectivity index (χ1n) is 2.50. The Hall–Kier alpha value is -0.320. The quantitative estimate of drug-likeness (QED) is 0.629. The molecule has 1 rings (SSSR count). The zero-order valence-corrected chi connectivity index (χ0v) is 7.12. The van der Waals surface area contributed by atoms with Crippen molar-refractivity contribution in [1.82, 2.24) is 0 Å². The van der Waals surface area contributed by atoms with Crippen LogP contribution in [-0.2, 0) is 4.79 Å². The minimum Gasteiger partial charge on any atom is -0.294 e. The van der Waals surface area contributed by atoms with E-state index in [2.05, 4.69) is 4.99 Å². The number of rotatable bonds is 1. The highest BCUT2D eigenvalue weighted by Gasteiger charge is 1.99. The Labute approximate surface area is 63.4 Å². The van der Waals surface area contributed by atoms with Gasteiger partial charge >= 0.3 is 0 Å². The first kappa shape index (κ1) is 6.80. The van der Waals surface area contributed by atoms with E-state index < -0.39 is 0 Å². The lowest BCUT2D eigenvalue weighted by Crippen LogP contribution is -2.08. The van der Waals surface area contributed by atoms with E-state index in [0.717, 1.165) is 3.51 Å². The van der Waals surface area contributed by atoms with E-state index >= 15 is 0 Å². The van der Waals surface area contributed by atoms with Crippen molar-refractivity contribution in [2.24, 2.45) is 4.99 Å². The van der Waals surface area contributed by atoms with E-state index in [9.17, 15) is 4.79 Å². The summed E-state index contributed by atoms with van der Waals surface area (Å²) in [5, 5.41) is 0. The molecule has 0 aromatic carbocycles. The summed E-state index contributed by atoms with van der Waals surface area (Å²) in [6.07, 6.45) is 3.41. The third kappa shape index (κ3) is 1.82. The van der Waals surface area contributed by atoms with E-state index in [1.165, 1.54) is 0 Å². The number of carbonyl (C=O) groups is 1. The minimum absolute atomic E-state index is 0.154. The minimum atomic E-state index is -0.154. The number of aliphatic imine (C=N–C) groups is 1. The van der Waals surface area contributed by atoms with Crippen molar-refractivity contribution in [1.29, 1.82) is 0 Å². The van der Waals surface area contributed by atoms with E-state index in [-0.39, 0.29) is 26.5 Å². The monoisotopic (exact) mass is 235 g/mol. The molecule has 0 spiro atoms. The smallest absolute Gasteiger partial charge is 0.167 e. The molecule has 48 valence electrons. The van der Waals surface area contributed by atoms with Crippen molar-refractivity contribution < 1.29 is 4.79 Å². The highest BCUT2D eigenvalue weighted by atomic mass is 127. The molecule has 0 saturated heterocycles. The van der Waals surface area contributed by atoms with Gasteiger partial charge in [-0.25, -0.2) is 0 Å². The highest BCUT2D eigenvalue weighted by Crippen LogP contribution is 2.06. The third-order valence-corrected chi connectivity index (χ3v) is 3.24. The zero-order chi connectivity index (χ0) is 6.69. The van der Waals surface area contributed by atoms with E-state index in [1.54, 1.807) is 19.3 Å². The van der Waals surface area contributed by atoms with Gasteiger partial charge in [-0.15, -0.1) is 0 Å². The Bertz CT molecular complexity index is 215. The fourth-order valence-corrected chi connectivity index (χ4v) is 1.93. The van der Waals surface area contributed by atoms with Crippen LogP contribution in [0.25, 0.3) is 0 Å². The van der Waals surface area contributed by atoms with Crippen molar-refractivity contribution in [3.63, 3.8) is 0 Å². The van der Waals surface area contributed by atoms with Crippen molar-refractivity contribution in [2.45, 2.75) is 6.92 Å². The first-order chi connectivity index (χ1) is 4.30. The van der Waals surface area contributed by atoms with Crippen molar-refractivity contribution in [3.8, 4) is 0 Å². The van der Waals surface area contributed by atoms with Crippen LogP contribution in [0.5, 0.6) is 0 Å². The molecule has 0 aromatic heterocycles. The van der Waals surface area contributed by atoms with Crippen LogP contribution in [0.15, 0.2) is 15.3 Å². The summed E-state index contributed by atoms with van der Waals surface area (Å²) in [4.78, 5) is 14.5. The van der Waals surface area contributed by atoms with Crippen molar-refractivity contribution in [2.75, 3.05) is 0 Å². The SMILES string of the molecule is CC(=O)C1=IC=CN=C1. The molecule has 0 fully saturated rings. The second-order valence-electron chi connectivity index (χ2n) is 1.57. The average Bonchev–Trinajstić information content (AvgIpc) is 1.90. The average molecular weight is 235 g/mol. The van der Waals surface area contributed by atoms with Crippen molar-refractivity contribution >= 4 is 36.2 Å². The number of ketones is 1. The maximum atomic E-state index is 10.7. The lowest BCUT2D eigenvalue weighted by Gasteiger charge is -1.93. The molecule has 0 saturated carbocycles. The van der Waals surface area contributed by atoms with Crippen LogP contribution in [0.3, 0.4) is 0 Å². The summed E-state index contributed by atoms with van der Waals surface area (Å²) in [5.41, 5.74) is 0. The summed E-state index contributed by atoms with van der Waals surface area (Å²) < 4.78 is 2.88. The van der Waals surface area contributed by atoms with Gasteiger partial charge < -0.3 is 0 Å². The van der Waals surface area contributed by atoms with Crippen LogP contribution in [0, 0.1) is 0 Å². The Kier molecular flexibility index (Phi) is 2.27. The van der Waals surface area contributed by atoms with Gasteiger partial charge in [0.2, 0.25) is 0 Å². The molecule has 0 aliphatic carbocycles. The molecule has 1 aliphatic rings. The van der Waals surface area contributed by atoms with Gasteiger partial charge in [-0.3, -0.25) is 9.79 Å². The number of Topliss-reactive ketones (excluding diaryl/α,β-unsaturated/α-hetero) is 1. The first-order valence-corrected chi connectivity index (χ1v) is 4.82. The number of halogens is 1. The maximum Gasteiger partial charge on any atom is 0.167 e. The molecule has 1 aliphatic heterocycles. The van der Waals surface area contributed by atoms with Crippen LogP contribution in [0.4, 0.5) is 0 Å². The fourth-order valence-electron chi connectivity index (χ4n) is 0.433. The molecule has 0 bridgehead atoms. The lowest BCUT2D eigenvalue weighted by molar-refractivity contribution is -0.110. The van der Waals surface area contributed by atoms with Crippen LogP contribution in [0.2, 0.25) is 0 Å². The van der Waals surface area contributed by atoms with Gasteiger partial charge in [0.1, 0.15) is 0 Å². The molecule has 3 heteroatoms. The molecule has 0 aromatic rings. The third-order valence-electron chi connectivity index (χ3n) is 0.847. The molecule has 0 atom stereocenters. The Balaban J connectivity index is 2.84. The second kappa shape index (κ2) is 3.00. The van der Waals surface area contributed by atoms with Gasteiger partial charge in [0, 0.05) is 12.4 Å². The van der Waals surface area contributed by atoms with Gasteiger partial charge in [-0.2, -0.15) is 0 Å². The summed E-state index contributed by atoms with van der Waals surface area (Å²) in [7, 11) is 0. The Morgan fingerprint density at radius 3 is 2.89 bits per heavy atom. The molecule has 2 nitrogen and oxygen atoms in total. The van der Waals surface area contributed by atoms with E-state index in [4.69, 9.17) is 0 Å². The fraction of sp³-hybridized carbons (Fsp3) is 0.167. The molecular weight excluding hydrogens is 229 g/mol. The maximum absolute atomic E-state index is 10.7. The van der Waals surface area contributed by atoms with Crippen LogP contribution in [0.1, 0.15) is 6.92 Å². The van der Waals surface area contributed by atoms with E-state index in [0.29, 0.717) is 0 Å². The highest BCUT2D eigenvalue weighted by molar-refractivity contribution is 14.2. The van der Waals surface area contributed by atoms with E-state index in [1.807, 2.05) is 4.08 Å². The topological polar surface area (TPSA) is 29.4 Å². The summed E-state index contributed by atoms with van der Waals surface area (Å²) in [6, 6.07) is 0.